The zero-order chi connectivity index (χ0) is 13.2. The average molecular weight is 245 g/mol. The Morgan fingerprint density at radius 3 is 2.44 bits per heavy atom. The van der Waals surface area contributed by atoms with Gasteiger partial charge in [-0.2, -0.15) is 0 Å². The van der Waals surface area contributed by atoms with Gasteiger partial charge < -0.3 is 5.32 Å². The predicted molar refractivity (Wildman–Crippen MR) is 74.4 cm³/mol. The van der Waals surface area contributed by atoms with Gasteiger partial charge in [-0.05, 0) is 37.7 Å². The highest BCUT2D eigenvalue weighted by atomic mass is 16.2. The van der Waals surface area contributed by atoms with E-state index in [0.29, 0.717) is 12.3 Å². The lowest BCUT2D eigenvalue weighted by atomic mass is 9.82. The van der Waals surface area contributed by atoms with Crippen molar-refractivity contribution in [3.05, 3.63) is 35.4 Å². The summed E-state index contributed by atoms with van der Waals surface area (Å²) in [5.41, 5.74) is 2.59. The maximum atomic E-state index is 11.6. The molecule has 2 nitrogen and oxygen atoms in total. The second-order valence-electron chi connectivity index (χ2n) is 6.09. The maximum absolute atomic E-state index is 11.6. The van der Waals surface area contributed by atoms with Gasteiger partial charge >= 0.3 is 0 Å². The molecule has 1 amide bonds. The molecule has 1 aliphatic heterocycles. The Labute approximate surface area is 110 Å². The van der Waals surface area contributed by atoms with Crippen LogP contribution < -0.4 is 5.32 Å². The van der Waals surface area contributed by atoms with Gasteiger partial charge in [-0.25, -0.2) is 0 Å². The van der Waals surface area contributed by atoms with Crippen molar-refractivity contribution in [2.75, 3.05) is 0 Å². The first-order valence-corrected chi connectivity index (χ1v) is 6.86. The van der Waals surface area contributed by atoms with Crippen LogP contribution in [0.25, 0.3) is 0 Å². The van der Waals surface area contributed by atoms with Crippen LogP contribution in [-0.2, 0) is 11.2 Å². The summed E-state index contributed by atoms with van der Waals surface area (Å²) in [5, 5.41) is 3.22. The normalized spacial score (nSPS) is 23.4. The van der Waals surface area contributed by atoms with E-state index >= 15 is 0 Å². The second kappa shape index (κ2) is 5.13. The molecule has 0 radical (unpaired) electrons. The molecule has 0 spiro atoms. The van der Waals surface area contributed by atoms with Gasteiger partial charge in [-0.1, -0.05) is 43.7 Å². The van der Waals surface area contributed by atoms with Crippen LogP contribution >= 0.6 is 0 Å². The number of hydrogen-bond acceptors (Lipinski definition) is 1. The molecule has 0 aliphatic carbocycles. The summed E-state index contributed by atoms with van der Waals surface area (Å²) in [5.74, 6) is 0.816. The monoisotopic (exact) mass is 245 g/mol. The zero-order valence-electron chi connectivity index (χ0n) is 11.6. The van der Waals surface area contributed by atoms with Gasteiger partial charge in [0.25, 0.3) is 0 Å². The molecule has 1 unspecified atom stereocenters. The first-order chi connectivity index (χ1) is 8.49. The van der Waals surface area contributed by atoms with Crippen LogP contribution in [0.1, 0.15) is 44.2 Å². The third kappa shape index (κ3) is 3.12. The van der Waals surface area contributed by atoms with Crippen molar-refractivity contribution >= 4 is 5.91 Å². The van der Waals surface area contributed by atoms with Crippen molar-refractivity contribution in [3.8, 4) is 0 Å². The largest absolute Gasteiger partial charge is 0.350 e. The topological polar surface area (TPSA) is 29.1 Å². The average Bonchev–Trinajstić information content (AvgIpc) is 2.62. The predicted octanol–water partition coefficient (Wildman–Crippen LogP) is 3.23. The van der Waals surface area contributed by atoms with E-state index in [2.05, 4.69) is 50.4 Å². The van der Waals surface area contributed by atoms with E-state index < -0.39 is 0 Å². The van der Waals surface area contributed by atoms with Crippen LogP contribution in [0.5, 0.6) is 0 Å². The lowest BCUT2D eigenvalue weighted by Crippen LogP contribution is -2.44. The summed E-state index contributed by atoms with van der Waals surface area (Å²) in [6, 6.07) is 8.66. The van der Waals surface area contributed by atoms with Crippen LogP contribution in [0.4, 0.5) is 0 Å². The molecule has 1 saturated heterocycles. The lowest BCUT2D eigenvalue weighted by molar-refractivity contribution is -0.119. The molecule has 1 heterocycles. The minimum Gasteiger partial charge on any atom is -0.350 e. The summed E-state index contributed by atoms with van der Waals surface area (Å²) in [6.07, 6.45) is 3.67. The van der Waals surface area contributed by atoms with Crippen LogP contribution in [0.15, 0.2) is 24.3 Å². The highest BCUT2D eigenvalue weighted by Gasteiger charge is 2.37. The third-order valence-corrected chi connectivity index (χ3v) is 3.70. The Morgan fingerprint density at radius 2 is 1.94 bits per heavy atom. The number of carbonyl (C=O) groups is 1. The van der Waals surface area contributed by atoms with Crippen molar-refractivity contribution in [1.29, 1.82) is 0 Å². The van der Waals surface area contributed by atoms with Crippen molar-refractivity contribution in [2.24, 2.45) is 5.92 Å². The summed E-state index contributed by atoms with van der Waals surface area (Å²) in [6.45, 7) is 6.55. The fraction of sp³-hybridized carbons (Fsp3) is 0.562. The number of carbonyl (C=O) groups excluding carboxylic acids is 1. The molecule has 1 aromatic carbocycles. The molecule has 1 atom stereocenters. The molecule has 1 N–H and O–H groups in total. The SMILES string of the molecule is Cc1ccc(CC2(CC(C)C)CCC(=O)N2)cc1. The van der Waals surface area contributed by atoms with E-state index in [4.69, 9.17) is 0 Å². The molecule has 0 aromatic heterocycles. The number of hydrogen-bond donors (Lipinski definition) is 1. The lowest BCUT2D eigenvalue weighted by Gasteiger charge is -2.31. The minimum absolute atomic E-state index is 0.0134. The van der Waals surface area contributed by atoms with E-state index in [1.54, 1.807) is 0 Å². The number of rotatable bonds is 4. The molecule has 1 aromatic rings. The highest BCUT2D eigenvalue weighted by molar-refractivity contribution is 5.79. The molecule has 0 bridgehead atoms. The van der Waals surface area contributed by atoms with Crippen LogP contribution in [-0.4, -0.2) is 11.4 Å². The van der Waals surface area contributed by atoms with Gasteiger partial charge in [0, 0.05) is 12.0 Å². The van der Waals surface area contributed by atoms with Crippen molar-refractivity contribution < 1.29 is 4.79 Å². The first-order valence-electron chi connectivity index (χ1n) is 6.86. The maximum Gasteiger partial charge on any atom is 0.220 e. The van der Waals surface area contributed by atoms with E-state index in [1.165, 1.54) is 11.1 Å². The van der Waals surface area contributed by atoms with Crippen LogP contribution in [0, 0.1) is 12.8 Å². The Morgan fingerprint density at radius 1 is 1.28 bits per heavy atom. The van der Waals surface area contributed by atoms with E-state index in [0.717, 1.165) is 19.3 Å². The molecule has 1 aliphatic rings. The fourth-order valence-corrected chi connectivity index (χ4v) is 3.01. The molecule has 0 saturated carbocycles. The van der Waals surface area contributed by atoms with Crippen molar-refractivity contribution in [3.63, 3.8) is 0 Å². The second-order valence-corrected chi connectivity index (χ2v) is 6.09. The van der Waals surface area contributed by atoms with Gasteiger partial charge in [0.1, 0.15) is 0 Å². The van der Waals surface area contributed by atoms with E-state index in [1.807, 2.05) is 0 Å². The van der Waals surface area contributed by atoms with Crippen molar-refractivity contribution in [1.82, 2.24) is 5.32 Å². The van der Waals surface area contributed by atoms with Crippen molar-refractivity contribution in [2.45, 2.75) is 52.0 Å². The highest BCUT2D eigenvalue weighted by Crippen LogP contribution is 2.31. The Hall–Kier alpha value is -1.31. The molecule has 1 fully saturated rings. The van der Waals surface area contributed by atoms with Crippen LogP contribution in [0.2, 0.25) is 0 Å². The molecule has 2 heteroatoms. The van der Waals surface area contributed by atoms with E-state index in [-0.39, 0.29) is 11.4 Å². The molecule has 18 heavy (non-hydrogen) atoms. The smallest absolute Gasteiger partial charge is 0.220 e. The van der Waals surface area contributed by atoms with Gasteiger partial charge in [-0.3, -0.25) is 4.79 Å². The quantitative estimate of drug-likeness (QED) is 0.867. The van der Waals surface area contributed by atoms with Gasteiger partial charge in [0.2, 0.25) is 5.91 Å². The van der Waals surface area contributed by atoms with Gasteiger partial charge in [0.15, 0.2) is 0 Å². The Balaban J connectivity index is 2.15. The molecular weight excluding hydrogens is 222 g/mol. The standard InChI is InChI=1S/C16H23NO/c1-12(2)10-16(9-8-15(18)17-16)11-14-6-4-13(3)5-7-14/h4-7,12H,8-11H2,1-3H3,(H,17,18). The first kappa shape index (κ1) is 13.1. The molecule has 2 rings (SSSR count). The number of amides is 1. The zero-order valence-corrected chi connectivity index (χ0v) is 11.6. The summed E-state index contributed by atoms with van der Waals surface area (Å²) >= 11 is 0. The molecule has 98 valence electrons. The summed E-state index contributed by atoms with van der Waals surface area (Å²) < 4.78 is 0. The third-order valence-electron chi connectivity index (χ3n) is 3.70. The number of nitrogens with one attached hydrogen (secondary N) is 1. The Bertz CT molecular complexity index is 421. The van der Waals surface area contributed by atoms with Gasteiger partial charge in [0.05, 0.1) is 0 Å². The van der Waals surface area contributed by atoms with E-state index in [9.17, 15) is 4.79 Å². The Kier molecular flexibility index (Phi) is 3.74. The van der Waals surface area contributed by atoms with Gasteiger partial charge in [-0.15, -0.1) is 0 Å². The minimum atomic E-state index is -0.0134. The summed E-state index contributed by atoms with van der Waals surface area (Å²) in [4.78, 5) is 11.6. The molecular formula is C16H23NO. The number of aryl methyl sites for hydroxylation is 1. The summed E-state index contributed by atoms with van der Waals surface area (Å²) in [7, 11) is 0. The van der Waals surface area contributed by atoms with Crippen LogP contribution in [0.3, 0.4) is 0 Å². The fourth-order valence-electron chi connectivity index (χ4n) is 3.01. The number of benzene rings is 1.